The van der Waals surface area contributed by atoms with Crippen molar-refractivity contribution >= 4 is 17.6 Å². The van der Waals surface area contributed by atoms with Gasteiger partial charge in [-0.1, -0.05) is 16.8 Å². The third-order valence-electron chi connectivity index (χ3n) is 1.21. The van der Waals surface area contributed by atoms with Crippen LogP contribution in [0.15, 0.2) is 4.52 Å². The number of nitrogens with zero attached hydrogens (tertiary/aromatic N) is 1. The smallest absolute Gasteiger partial charge is 0.344 e. The van der Waals surface area contributed by atoms with E-state index < -0.39 is 5.97 Å². The van der Waals surface area contributed by atoms with Crippen molar-refractivity contribution in [2.75, 3.05) is 7.11 Å². The second kappa shape index (κ2) is 2.92. The molecule has 0 radical (unpaired) electrons. The molecule has 0 aliphatic carbocycles. The Labute approximate surface area is 68.1 Å². The van der Waals surface area contributed by atoms with Crippen LogP contribution in [0.3, 0.4) is 0 Å². The highest BCUT2D eigenvalue weighted by molar-refractivity contribution is 6.32. The van der Waals surface area contributed by atoms with E-state index in [4.69, 9.17) is 11.6 Å². The zero-order valence-electron chi connectivity index (χ0n) is 6.05. The van der Waals surface area contributed by atoms with Gasteiger partial charge in [0.2, 0.25) is 0 Å². The first-order valence-corrected chi connectivity index (χ1v) is 3.24. The van der Waals surface area contributed by atoms with Crippen LogP contribution in [0.25, 0.3) is 0 Å². The number of carbonyl (C=O) groups excluding carboxylic acids is 1. The molecule has 0 atom stereocenters. The van der Waals surface area contributed by atoms with Gasteiger partial charge < -0.3 is 9.26 Å². The predicted molar refractivity (Wildman–Crippen MR) is 37.6 cm³/mol. The van der Waals surface area contributed by atoms with E-state index in [9.17, 15) is 4.79 Å². The van der Waals surface area contributed by atoms with Gasteiger partial charge in [-0.25, -0.2) is 4.79 Å². The van der Waals surface area contributed by atoms with Crippen LogP contribution in [0.2, 0.25) is 5.15 Å². The highest BCUT2D eigenvalue weighted by atomic mass is 35.5. The molecule has 0 aromatic carbocycles. The molecule has 0 aliphatic rings. The molecule has 11 heavy (non-hydrogen) atoms. The van der Waals surface area contributed by atoms with Crippen molar-refractivity contribution in [1.82, 2.24) is 5.16 Å². The van der Waals surface area contributed by atoms with E-state index in [1.165, 1.54) is 7.11 Å². The van der Waals surface area contributed by atoms with Gasteiger partial charge in [-0.05, 0) is 6.92 Å². The van der Waals surface area contributed by atoms with E-state index >= 15 is 0 Å². The van der Waals surface area contributed by atoms with Gasteiger partial charge in [0.05, 0.1) is 7.11 Å². The normalized spacial score (nSPS) is 9.73. The standard InChI is InChI=1S/C6H6ClNO3/c1-3-4(6(9)10-2)5(7)8-11-3/h1-2H3. The summed E-state index contributed by atoms with van der Waals surface area (Å²) >= 11 is 5.51. The summed E-state index contributed by atoms with van der Waals surface area (Å²) in [5.74, 6) is -0.171. The molecule has 0 fully saturated rings. The molecule has 0 bridgehead atoms. The Balaban J connectivity index is 3.10. The van der Waals surface area contributed by atoms with Crippen LogP contribution in [0.5, 0.6) is 0 Å². The SMILES string of the molecule is COC(=O)c1c(Cl)noc1C. The van der Waals surface area contributed by atoms with Crippen molar-refractivity contribution in [3.8, 4) is 0 Å². The molecule has 0 aliphatic heterocycles. The van der Waals surface area contributed by atoms with Crippen molar-refractivity contribution in [3.63, 3.8) is 0 Å². The van der Waals surface area contributed by atoms with Crippen molar-refractivity contribution in [2.45, 2.75) is 6.92 Å². The van der Waals surface area contributed by atoms with Gasteiger partial charge in [0.1, 0.15) is 11.3 Å². The second-order valence-electron chi connectivity index (χ2n) is 1.90. The van der Waals surface area contributed by atoms with Crippen LogP contribution < -0.4 is 0 Å². The fourth-order valence-corrected chi connectivity index (χ4v) is 0.920. The molecule has 5 heteroatoms. The van der Waals surface area contributed by atoms with Crippen molar-refractivity contribution < 1.29 is 14.1 Å². The molecular formula is C6H6ClNO3. The Kier molecular flexibility index (Phi) is 2.14. The van der Waals surface area contributed by atoms with Crippen LogP contribution in [0.1, 0.15) is 16.1 Å². The maximum Gasteiger partial charge on any atom is 0.344 e. The Hall–Kier alpha value is -1.03. The third kappa shape index (κ3) is 1.35. The number of aromatic nitrogens is 1. The van der Waals surface area contributed by atoms with Crippen molar-refractivity contribution in [1.29, 1.82) is 0 Å². The maximum atomic E-state index is 10.9. The zero-order valence-corrected chi connectivity index (χ0v) is 6.81. The average Bonchev–Trinajstić information content (AvgIpc) is 2.30. The number of esters is 1. The van der Waals surface area contributed by atoms with Crippen LogP contribution in [0.4, 0.5) is 0 Å². The number of hydrogen-bond acceptors (Lipinski definition) is 4. The molecule has 1 aromatic heterocycles. The van der Waals surface area contributed by atoms with Gasteiger partial charge in [-0.2, -0.15) is 0 Å². The van der Waals surface area contributed by atoms with E-state index in [-0.39, 0.29) is 10.7 Å². The molecule has 0 amide bonds. The van der Waals surface area contributed by atoms with Gasteiger partial charge in [0, 0.05) is 0 Å². The largest absolute Gasteiger partial charge is 0.465 e. The molecule has 0 saturated carbocycles. The highest BCUT2D eigenvalue weighted by Gasteiger charge is 2.18. The number of carbonyl (C=O) groups is 1. The van der Waals surface area contributed by atoms with Crippen molar-refractivity contribution in [2.24, 2.45) is 0 Å². The summed E-state index contributed by atoms with van der Waals surface area (Å²) in [6.07, 6.45) is 0. The summed E-state index contributed by atoms with van der Waals surface area (Å²) < 4.78 is 9.07. The molecule has 1 rings (SSSR count). The van der Waals surface area contributed by atoms with Crippen LogP contribution in [-0.4, -0.2) is 18.2 Å². The van der Waals surface area contributed by atoms with Gasteiger partial charge in [0.15, 0.2) is 5.15 Å². The number of ether oxygens (including phenoxy) is 1. The lowest BCUT2D eigenvalue weighted by molar-refractivity contribution is 0.0599. The predicted octanol–water partition coefficient (Wildman–Crippen LogP) is 1.42. The fourth-order valence-electron chi connectivity index (χ4n) is 0.675. The lowest BCUT2D eigenvalue weighted by Gasteiger charge is -1.93. The number of rotatable bonds is 1. The molecule has 0 saturated heterocycles. The van der Waals surface area contributed by atoms with E-state index in [0.717, 1.165) is 0 Å². The lowest BCUT2D eigenvalue weighted by Crippen LogP contribution is -2.01. The summed E-state index contributed by atoms with van der Waals surface area (Å²) in [6.45, 7) is 1.59. The molecular weight excluding hydrogens is 170 g/mol. The summed E-state index contributed by atoms with van der Waals surface area (Å²) in [5.41, 5.74) is 0.189. The minimum atomic E-state index is -0.534. The van der Waals surface area contributed by atoms with Crippen LogP contribution in [-0.2, 0) is 4.74 Å². The minimum Gasteiger partial charge on any atom is -0.465 e. The van der Waals surface area contributed by atoms with Gasteiger partial charge >= 0.3 is 5.97 Å². The summed E-state index contributed by atoms with van der Waals surface area (Å²) in [7, 11) is 1.27. The Morgan fingerprint density at radius 3 is 2.73 bits per heavy atom. The Morgan fingerprint density at radius 1 is 1.73 bits per heavy atom. The fraction of sp³-hybridized carbons (Fsp3) is 0.333. The zero-order chi connectivity index (χ0) is 8.43. The van der Waals surface area contributed by atoms with E-state index in [0.29, 0.717) is 5.76 Å². The van der Waals surface area contributed by atoms with Crippen LogP contribution >= 0.6 is 11.6 Å². The Morgan fingerprint density at radius 2 is 2.36 bits per heavy atom. The molecule has 1 heterocycles. The highest BCUT2D eigenvalue weighted by Crippen LogP contribution is 2.18. The van der Waals surface area contributed by atoms with Gasteiger partial charge in [-0.15, -0.1) is 0 Å². The minimum absolute atomic E-state index is 0.0364. The molecule has 1 aromatic rings. The topological polar surface area (TPSA) is 52.3 Å². The lowest BCUT2D eigenvalue weighted by atomic mass is 10.3. The molecule has 0 N–H and O–H groups in total. The molecule has 4 nitrogen and oxygen atoms in total. The summed E-state index contributed by atoms with van der Waals surface area (Å²) in [6, 6.07) is 0. The van der Waals surface area contributed by atoms with Crippen molar-refractivity contribution in [3.05, 3.63) is 16.5 Å². The summed E-state index contributed by atoms with van der Waals surface area (Å²) in [4.78, 5) is 10.9. The molecule has 60 valence electrons. The first kappa shape index (κ1) is 8.07. The third-order valence-corrected chi connectivity index (χ3v) is 1.47. The number of aryl methyl sites for hydroxylation is 1. The number of halogens is 1. The maximum absolute atomic E-state index is 10.9. The van der Waals surface area contributed by atoms with Gasteiger partial charge in [-0.3, -0.25) is 0 Å². The number of methoxy groups -OCH3 is 1. The number of hydrogen-bond donors (Lipinski definition) is 0. The average molecular weight is 176 g/mol. The molecule has 0 unspecified atom stereocenters. The van der Waals surface area contributed by atoms with Crippen LogP contribution in [0, 0.1) is 6.92 Å². The summed E-state index contributed by atoms with van der Waals surface area (Å²) in [5, 5.41) is 3.41. The van der Waals surface area contributed by atoms with E-state index in [2.05, 4.69) is 14.4 Å². The monoisotopic (exact) mass is 175 g/mol. The van der Waals surface area contributed by atoms with E-state index in [1.54, 1.807) is 6.92 Å². The first-order chi connectivity index (χ1) is 5.16. The van der Waals surface area contributed by atoms with Gasteiger partial charge in [0.25, 0.3) is 0 Å². The second-order valence-corrected chi connectivity index (χ2v) is 2.25. The quantitative estimate of drug-likeness (QED) is 0.606. The first-order valence-electron chi connectivity index (χ1n) is 2.87. The Bertz CT molecular complexity index is 262. The van der Waals surface area contributed by atoms with E-state index in [1.807, 2.05) is 0 Å². The molecule has 0 spiro atoms.